The fourth-order valence-electron chi connectivity index (χ4n) is 4.14. The molecule has 0 aliphatic carbocycles. The van der Waals surface area contributed by atoms with E-state index in [1.54, 1.807) is 0 Å². The van der Waals surface area contributed by atoms with Crippen molar-refractivity contribution in [2.75, 3.05) is 0 Å². The maximum atomic E-state index is 13.4. The summed E-state index contributed by atoms with van der Waals surface area (Å²) >= 11 is 0. The van der Waals surface area contributed by atoms with Crippen LogP contribution in [0.15, 0.2) is 115 Å². The van der Waals surface area contributed by atoms with E-state index >= 15 is 0 Å². The Kier molecular flexibility index (Phi) is 5.74. The van der Waals surface area contributed by atoms with Crippen LogP contribution < -0.4 is 15.9 Å². The summed E-state index contributed by atoms with van der Waals surface area (Å²) in [4.78, 5) is 0. The first kappa shape index (κ1) is 20.4. The molecule has 152 valence electrons. The van der Waals surface area contributed by atoms with E-state index in [4.69, 9.17) is 0 Å². The molecule has 0 nitrogen and oxygen atoms in total. The predicted octanol–water partition coefficient (Wildman–Crippen LogP) is 5.93. The fourth-order valence-corrected chi connectivity index (χ4v) is 8.87. The summed E-state index contributed by atoms with van der Waals surface area (Å²) in [7, 11) is -2.61. The van der Waals surface area contributed by atoms with E-state index in [0.29, 0.717) is 11.7 Å². The zero-order chi connectivity index (χ0) is 21.0. The Bertz CT molecular complexity index is 995. The molecule has 0 aliphatic rings. The molecule has 0 aromatic heterocycles. The third-order valence-corrected chi connectivity index (χ3v) is 10.4. The Hall–Kier alpha value is -2.90. The van der Waals surface area contributed by atoms with Gasteiger partial charge in [-0.2, -0.15) is 0 Å². The Labute approximate surface area is 175 Å². The maximum absolute atomic E-state index is 13.4. The molecule has 0 saturated carbocycles. The van der Waals surface area contributed by atoms with Crippen molar-refractivity contribution in [2.45, 2.75) is 12.3 Å². The van der Waals surface area contributed by atoms with Crippen molar-refractivity contribution in [3.05, 3.63) is 126 Å². The van der Waals surface area contributed by atoms with Gasteiger partial charge >= 0.3 is 175 Å². The summed E-state index contributed by atoms with van der Waals surface area (Å²) in [5.74, 6) is 0. The minimum atomic E-state index is -4.35. The molecule has 4 heteroatoms. The predicted molar refractivity (Wildman–Crippen MR) is 122 cm³/mol. The van der Waals surface area contributed by atoms with E-state index in [0.717, 1.165) is 6.07 Å². The summed E-state index contributed by atoms with van der Waals surface area (Å²) in [6, 6.07) is 36.4. The third-order valence-electron chi connectivity index (χ3n) is 5.52. The van der Waals surface area contributed by atoms with E-state index in [9.17, 15) is 13.2 Å². The standard InChI is InChI=1S/C26H22F3P/c27-26(28,29)22-12-10-11-21(19-22)20-30(23-13-4-1-5-14-23,24-15-6-2-7-16-24)25-17-8-3-9-18-25/h1-19,30H,20H2. The van der Waals surface area contributed by atoms with Crippen molar-refractivity contribution in [2.24, 2.45) is 0 Å². The molecule has 0 spiro atoms. The van der Waals surface area contributed by atoms with Gasteiger partial charge in [-0.05, 0) is 0 Å². The summed E-state index contributed by atoms with van der Waals surface area (Å²) in [6.45, 7) is 0. The van der Waals surface area contributed by atoms with E-state index in [2.05, 4.69) is 36.4 Å². The summed E-state index contributed by atoms with van der Waals surface area (Å²) in [5, 5.41) is 3.54. The first-order valence-electron chi connectivity index (χ1n) is 9.83. The number of hydrogen-bond acceptors (Lipinski definition) is 0. The molecule has 0 radical (unpaired) electrons. The summed E-state index contributed by atoms with van der Waals surface area (Å²) in [6.07, 6.45) is -3.80. The van der Waals surface area contributed by atoms with Gasteiger partial charge in [-0.3, -0.25) is 0 Å². The average Bonchev–Trinajstić information content (AvgIpc) is 2.79. The van der Waals surface area contributed by atoms with E-state index in [1.165, 1.54) is 28.0 Å². The Morgan fingerprint density at radius 2 is 0.967 bits per heavy atom. The normalized spacial score (nSPS) is 12.5. The molecule has 0 N–H and O–H groups in total. The van der Waals surface area contributed by atoms with Gasteiger partial charge in [0, 0.05) is 0 Å². The molecule has 0 atom stereocenters. The van der Waals surface area contributed by atoms with Crippen molar-refractivity contribution in [1.82, 2.24) is 0 Å². The van der Waals surface area contributed by atoms with Gasteiger partial charge in [0.2, 0.25) is 0 Å². The van der Waals surface area contributed by atoms with Gasteiger partial charge in [0.1, 0.15) is 0 Å². The molecular formula is C26H22F3P. The quantitative estimate of drug-likeness (QED) is 0.350. The van der Waals surface area contributed by atoms with Crippen LogP contribution in [0.25, 0.3) is 0 Å². The molecule has 4 aromatic rings. The van der Waals surface area contributed by atoms with Crippen LogP contribution in [-0.2, 0) is 12.3 Å². The molecule has 0 unspecified atom stereocenters. The molecule has 4 aromatic carbocycles. The van der Waals surface area contributed by atoms with Gasteiger partial charge < -0.3 is 0 Å². The molecule has 0 fully saturated rings. The molecule has 0 aliphatic heterocycles. The van der Waals surface area contributed by atoms with E-state index in [1.807, 2.05) is 60.7 Å². The second kappa shape index (κ2) is 8.45. The van der Waals surface area contributed by atoms with Gasteiger partial charge in [0.25, 0.3) is 0 Å². The number of benzene rings is 4. The van der Waals surface area contributed by atoms with Gasteiger partial charge in [0.05, 0.1) is 0 Å². The van der Waals surface area contributed by atoms with Gasteiger partial charge in [-0.25, -0.2) is 0 Å². The second-order valence-corrected chi connectivity index (χ2v) is 11.3. The Morgan fingerprint density at radius 3 is 1.37 bits per heavy atom. The first-order chi connectivity index (χ1) is 14.5. The van der Waals surface area contributed by atoms with Crippen molar-refractivity contribution >= 4 is 23.2 Å². The third kappa shape index (κ3) is 4.04. The summed E-state index contributed by atoms with van der Waals surface area (Å²) in [5.41, 5.74) is 0.102. The van der Waals surface area contributed by atoms with Gasteiger partial charge in [-0.15, -0.1) is 0 Å². The van der Waals surface area contributed by atoms with Crippen LogP contribution in [0.5, 0.6) is 0 Å². The van der Waals surface area contributed by atoms with Crippen LogP contribution in [0.4, 0.5) is 13.2 Å². The van der Waals surface area contributed by atoms with Crippen molar-refractivity contribution < 1.29 is 13.2 Å². The molecule has 4 rings (SSSR count). The molecule has 30 heavy (non-hydrogen) atoms. The Morgan fingerprint density at radius 1 is 0.533 bits per heavy atom. The van der Waals surface area contributed by atoms with E-state index in [-0.39, 0.29) is 0 Å². The number of alkyl halides is 3. The van der Waals surface area contributed by atoms with E-state index < -0.39 is 19.0 Å². The summed E-state index contributed by atoms with van der Waals surface area (Å²) < 4.78 is 40.1. The van der Waals surface area contributed by atoms with Crippen LogP contribution in [0.3, 0.4) is 0 Å². The van der Waals surface area contributed by atoms with Crippen LogP contribution in [0, 0.1) is 0 Å². The van der Waals surface area contributed by atoms with Crippen molar-refractivity contribution in [1.29, 1.82) is 0 Å². The first-order valence-corrected chi connectivity index (χ1v) is 12.0. The van der Waals surface area contributed by atoms with Crippen molar-refractivity contribution in [3.63, 3.8) is 0 Å². The fraction of sp³-hybridized carbons (Fsp3) is 0.0769. The van der Waals surface area contributed by atoms with Gasteiger partial charge in [0.15, 0.2) is 0 Å². The van der Waals surface area contributed by atoms with Crippen LogP contribution in [-0.4, -0.2) is 0 Å². The molecule has 0 saturated heterocycles. The molecule has 0 bridgehead atoms. The zero-order valence-electron chi connectivity index (χ0n) is 16.3. The SMILES string of the molecule is FC(F)(F)c1cccc(C[PH](c2ccccc2)(c2ccccc2)c2ccccc2)c1. The van der Waals surface area contributed by atoms with Crippen molar-refractivity contribution in [3.8, 4) is 0 Å². The topological polar surface area (TPSA) is 0 Å². The molecule has 0 heterocycles. The monoisotopic (exact) mass is 422 g/mol. The second-order valence-electron chi connectivity index (χ2n) is 7.38. The molecule has 0 amide bonds. The van der Waals surface area contributed by atoms with Crippen LogP contribution in [0.2, 0.25) is 0 Å². The Balaban J connectivity index is 1.96. The minimum absolute atomic E-state index is 0.551. The number of rotatable bonds is 5. The molecular weight excluding hydrogens is 400 g/mol. The number of halogens is 3. The van der Waals surface area contributed by atoms with Crippen LogP contribution in [0.1, 0.15) is 11.1 Å². The number of hydrogen-bond donors (Lipinski definition) is 0. The van der Waals surface area contributed by atoms with Crippen LogP contribution >= 0.6 is 7.26 Å². The zero-order valence-corrected chi connectivity index (χ0v) is 17.3. The van der Waals surface area contributed by atoms with Gasteiger partial charge in [-0.1, -0.05) is 0 Å². The average molecular weight is 422 g/mol.